The van der Waals surface area contributed by atoms with Gasteiger partial charge < -0.3 is 15.1 Å². The van der Waals surface area contributed by atoms with Crippen LogP contribution in [0.25, 0.3) is 0 Å². The van der Waals surface area contributed by atoms with Crippen LogP contribution in [0.4, 0.5) is 5.69 Å². The van der Waals surface area contributed by atoms with E-state index >= 15 is 0 Å². The molecular formula is C36H45N5O3. The van der Waals surface area contributed by atoms with Crippen LogP contribution in [0.5, 0.6) is 0 Å². The summed E-state index contributed by atoms with van der Waals surface area (Å²) in [5.41, 5.74) is 4.23. The van der Waals surface area contributed by atoms with Crippen molar-refractivity contribution >= 4 is 23.9 Å². The third kappa shape index (κ3) is 6.90. The third-order valence-electron chi connectivity index (χ3n) is 9.99. The average Bonchev–Trinajstić information content (AvgIpc) is 3.37. The molecule has 1 unspecified atom stereocenters. The van der Waals surface area contributed by atoms with E-state index in [4.69, 9.17) is 0 Å². The van der Waals surface area contributed by atoms with Gasteiger partial charge in [0, 0.05) is 55.3 Å². The van der Waals surface area contributed by atoms with E-state index in [0.29, 0.717) is 38.3 Å². The molecule has 2 aliphatic heterocycles. The van der Waals surface area contributed by atoms with Crippen molar-refractivity contribution in [2.45, 2.75) is 71.3 Å². The summed E-state index contributed by atoms with van der Waals surface area (Å²) in [6.07, 6.45) is 12.7. The molecule has 2 aliphatic carbocycles. The second-order valence-electron chi connectivity index (χ2n) is 14.1. The number of carbonyl (C=O) groups is 3. The molecule has 2 saturated carbocycles. The number of hydrogen-bond donors (Lipinski definition) is 1. The SMILES string of the molecule is CC1(C)CC1.O=CN1CC2(C1)CN(C(=O)c1cnn(Cc3ccccc3)c1)CC2c1ccc(NC(=O)C2CCCCC2)cc1. The second kappa shape index (κ2) is 12.6. The first kappa shape index (κ1) is 30.1. The normalized spacial score (nSPS) is 21.6. The smallest absolute Gasteiger partial charge is 0.257 e. The van der Waals surface area contributed by atoms with Crippen molar-refractivity contribution in [2.24, 2.45) is 16.7 Å². The van der Waals surface area contributed by atoms with Gasteiger partial charge in [-0.05, 0) is 54.4 Å². The fourth-order valence-corrected chi connectivity index (χ4v) is 6.91. The molecule has 3 amide bonds. The first-order valence-corrected chi connectivity index (χ1v) is 16.2. The lowest BCUT2D eigenvalue weighted by Gasteiger charge is -2.49. The van der Waals surface area contributed by atoms with Gasteiger partial charge in [-0.15, -0.1) is 0 Å². The third-order valence-corrected chi connectivity index (χ3v) is 9.99. The van der Waals surface area contributed by atoms with E-state index in [-0.39, 0.29) is 29.1 Å². The van der Waals surface area contributed by atoms with E-state index < -0.39 is 0 Å². The quantitative estimate of drug-likeness (QED) is 0.342. The number of likely N-dealkylation sites (tertiary alicyclic amines) is 2. The Morgan fingerprint density at radius 2 is 1.64 bits per heavy atom. The van der Waals surface area contributed by atoms with Crippen molar-refractivity contribution in [1.29, 1.82) is 0 Å². The molecule has 1 spiro atoms. The Morgan fingerprint density at radius 3 is 2.27 bits per heavy atom. The molecule has 1 atom stereocenters. The van der Waals surface area contributed by atoms with Crippen molar-refractivity contribution in [1.82, 2.24) is 19.6 Å². The minimum absolute atomic E-state index is 0.0305. The summed E-state index contributed by atoms with van der Waals surface area (Å²) >= 11 is 0. The summed E-state index contributed by atoms with van der Waals surface area (Å²) in [7, 11) is 0. The molecule has 8 nitrogen and oxygen atoms in total. The van der Waals surface area contributed by atoms with E-state index in [0.717, 1.165) is 54.3 Å². The molecule has 4 aliphatic rings. The average molecular weight is 596 g/mol. The van der Waals surface area contributed by atoms with Gasteiger partial charge in [-0.3, -0.25) is 19.1 Å². The molecule has 4 fully saturated rings. The first-order chi connectivity index (χ1) is 21.2. The van der Waals surface area contributed by atoms with Crippen LogP contribution in [-0.4, -0.2) is 64.0 Å². The molecule has 1 aromatic heterocycles. The molecule has 2 aromatic carbocycles. The second-order valence-corrected chi connectivity index (χ2v) is 14.1. The lowest BCUT2D eigenvalue weighted by atomic mass is 9.69. The van der Waals surface area contributed by atoms with Crippen LogP contribution < -0.4 is 5.32 Å². The predicted molar refractivity (Wildman–Crippen MR) is 171 cm³/mol. The lowest BCUT2D eigenvalue weighted by Crippen LogP contribution is -2.59. The summed E-state index contributed by atoms with van der Waals surface area (Å²) in [6.45, 7) is 7.67. The first-order valence-electron chi connectivity index (χ1n) is 16.2. The van der Waals surface area contributed by atoms with Gasteiger partial charge >= 0.3 is 0 Å². The van der Waals surface area contributed by atoms with E-state index in [1.54, 1.807) is 15.8 Å². The standard InChI is InChI=1S/C31H35N5O3.C5H10/c37-22-34-19-31(20-34)21-35(30(39)26-15-32-36(17-26)16-23-7-3-1-4-8-23)18-28(31)24-11-13-27(14-12-24)33-29(38)25-9-5-2-6-10-25;1-5(2)3-4-5/h1,3-4,7-8,11-15,17,22,25,28H,2,5-6,9-10,16,18-21H2,(H,33,38);3-4H2,1-2H3. The van der Waals surface area contributed by atoms with Crippen LogP contribution in [0.15, 0.2) is 67.0 Å². The summed E-state index contributed by atoms with van der Waals surface area (Å²) in [6, 6.07) is 18.1. The van der Waals surface area contributed by atoms with Gasteiger partial charge in [-0.2, -0.15) is 5.10 Å². The number of nitrogens with one attached hydrogen (secondary N) is 1. The highest BCUT2D eigenvalue weighted by molar-refractivity contribution is 5.94. The lowest BCUT2D eigenvalue weighted by molar-refractivity contribution is -0.129. The summed E-state index contributed by atoms with van der Waals surface area (Å²) in [5.74, 6) is 0.305. The van der Waals surface area contributed by atoms with E-state index in [1.165, 1.54) is 19.3 Å². The number of aromatic nitrogens is 2. The van der Waals surface area contributed by atoms with E-state index in [2.05, 4.69) is 36.4 Å². The van der Waals surface area contributed by atoms with Gasteiger partial charge in [0.2, 0.25) is 12.3 Å². The number of hydrogen-bond acceptors (Lipinski definition) is 4. The van der Waals surface area contributed by atoms with Crippen LogP contribution in [0.3, 0.4) is 0 Å². The molecule has 3 aromatic rings. The highest BCUT2D eigenvalue weighted by atomic mass is 16.2. The zero-order valence-electron chi connectivity index (χ0n) is 26.1. The number of nitrogens with zero attached hydrogens (tertiary/aromatic N) is 4. The topological polar surface area (TPSA) is 87.5 Å². The van der Waals surface area contributed by atoms with Gasteiger partial charge in [0.1, 0.15) is 0 Å². The zero-order valence-corrected chi connectivity index (χ0v) is 26.1. The van der Waals surface area contributed by atoms with Gasteiger partial charge in [0.15, 0.2) is 0 Å². The molecular weight excluding hydrogens is 550 g/mol. The molecule has 7 rings (SSSR count). The Labute approximate surface area is 260 Å². The molecule has 3 heterocycles. The minimum atomic E-state index is -0.163. The summed E-state index contributed by atoms with van der Waals surface area (Å²) < 4.78 is 1.80. The van der Waals surface area contributed by atoms with Gasteiger partial charge in [-0.1, -0.05) is 75.6 Å². The Kier molecular flexibility index (Phi) is 8.61. The van der Waals surface area contributed by atoms with Gasteiger partial charge in [0.05, 0.1) is 18.3 Å². The van der Waals surface area contributed by atoms with Crippen molar-refractivity contribution in [3.8, 4) is 0 Å². The predicted octanol–water partition coefficient (Wildman–Crippen LogP) is 5.95. The number of benzene rings is 2. The summed E-state index contributed by atoms with van der Waals surface area (Å²) in [4.78, 5) is 41.3. The van der Waals surface area contributed by atoms with Crippen LogP contribution >= 0.6 is 0 Å². The van der Waals surface area contributed by atoms with Crippen molar-refractivity contribution in [3.63, 3.8) is 0 Å². The fourth-order valence-electron chi connectivity index (χ4n) is 6.91. The molecule has 0 radical (unpaired) electrons. The van der Waals surface area contributed by atoms with Crippen LogP contribution in [-0.2, 0) is 16.1 Å². The molecule has 44 heavy (non-hydrogen) atoms. The zero-order chi connectivity index (χ0) is 30.7. The highest BCUT2D eigenvalue weighted by Gasteiger charge is 2.55. The maximum Gasteiger partial charge on any atom is 0.257 e. The van der Waals surface area contributed by atoms with E-state index in [1.807, 2.05) is 53.6 Å². The van der Waals surface area contributed by atoms with Gasteiger partial charge in [-0.25, -0.2) is 0 Å². The van der Waals surface area contributed by atoms with Gasteiger partial charge in [0.25, 0.3) is 5.91 Å². The minimum Gasteiger partial charge on any atom is -0.344 e. The maximum atomic E-state index is 13.5. The van der Waals surface area contributed by atoms with Crippen molar-refractivity contribution < 1.29 is 14.4 Å². The molecule has 1 N–H and O–H groups in total. The summed E-state index contributed by atoms with van der Waals surface area (Å²) in [5, 5.41) is 7.52. The molecule has 2 saturated heterocycles. The largest absolute Gasteiger partial charge is 0.344 e. The Balaban J connectivity index is 0.000000625. The number of rotatable bonds is 7. The van der Waals surface area contributed by atoms with Crippen molar-refractivity contribution in [2.75, 3.05) is 31.5 Å². The number of amides is 3. The Morgan fingerprint density at radius 1 is 0.955 bits per heavy atom. The highest BCUT2D eigenvalue weighted by Crippen LogP contribution is 2.49. The van der Waals surface area contributed by atoms with E-state index in [9.17, 15) is 14.4 Å². The Bertz CT molecular complexity index is 1450. The van der Waals surface area contributed by atoms with Crippen LogP contribution in [0, 0.1) is 16.7 Å². The Hall–Kier alpha value is -3.94. The van der Waals surface area contributed by atoms with Crippen LogP contribution in [0.1, 0.15) is 86.2 Å². The molecule has 232 valence electrons. The molecule has 8 heteroatoms. The fraction of sp³-hybridized carbons (Fsp3) is 0.500. The maximum absolute atomic E-state index is 13.5. The molecule has 0 bridgehead atoms. The number of anilines is 1. The van der Waals surface area contributed by atoms with Crippen molar-refractivity contribution in [3.05, 3.63) is 83.7 Å². The number of carbonyl (C=O) groups excluding carboxylic acids is 3. The van der Waals surface area contributed by atoms with Crippen LogP contribution in [0.2, 0.25) is 0 Å². The monoisotopic (exact) mass is 595 g/mol.